The number of benzene rings is 1. The lowest BCUT2D eigenvalue weighted by Crippen LogP contribution is -2.32. The summed E-state index contributed by atoms with van der Waals surface area (Å²) in [4.78, 5) is 11.8. The van der Waals surface area contributed by atoms with Crippen LogP contribution in [0.25, 0.3) is 0 Å². The van der Waals surface area contributed by atoms with Gasteiger partial charge in [-0.1, -0.05) is 13.8 Å². The maximum Gasteiger partial charge on any atom is 0.251 e. The first kappa shape index (κ1) is 15.4. The Morgan fingerprint density at radius 2 is 2.16 bits per heavy atom. The Morgan fingerprint density at radius 3 is 2.74 bits per heavy atom. The number of rotatable bonds is 6. The highest BCUT2D eigenvalue weighted by molar-refractivity contribution is 5.94. The minimum absolute atomic E-state index is 0.0235. The number of amides is 1. The first-order valence-corrected chi connectivity index (χ1v) is 6.23. The zero-order valence-corrected chi connectivity index (χ0v) is 11.4. The van der Waals surface area contributed by atoms with Gasteiger partial charge in [-0.3, -0.25) is 4.79 Å². The minimum atomic E-state index is -0.578. The van der Waals surface area contributed by atoms with E-state index < -0.39 is 11.9 Å². The molecule has 1 atom stereocenters. The molecule has 1 aromatic rings. The van der Waals surface area contributed by atoms with Crippen molar-refractivity contribution < 1.29 is 19.0 Å². The van der Waals surface area contributed by atoms with E-state index in [0.717, 1.165) is 0 Å². The molecule has 0 bridgehead atoms. The monoisotopic (exact) mass is 269 g/mol. The Labute approximate surface area is 112 Å². The molecule has 4 nitrogen and oxygen atoms in total. The maximum absolute atomic E-state index is 13.2. The lowest BCUT2D eigenvalue weighted by atomic mass is 10.1. The minimum Gasteiger partial charge on any atom is -0.494 e. The van der Waals surface area contributed by atoms with Gasteiger partial charge in [0.05, 0.1) is 13.2 Å². The molecule has 0 aliphatic heterocycles. The molecule has 0 saturated heterocycles. The number of nitrogens with one attached hydrogen (secondary N) is 1. The van der Waals surface area contributed by atoms with Crippen LogP contribution in [-0.2, 0) is 0 Å². The first-order valence-electron chi connectivity index (χ1n) is 6.23. The molecule has 1 rings (SSSR count). The van der Waals surface area contributed by atoms with Gasteiger partial charge in [0.1, 0.15) is 0 Å². The topological polar surface area (TPSA) is 58.6 Å². The molecular weight excluding hydrogens is 249 g/mol. The van der Waals surface area contributed by atoms with Crippen molar-refractivity contribution in [2.45, 2.75) is 26.4 Å². The molecule has 0 aliphatic carbocycles. The van der Waals surface area contributed by atoms with Crippen LogP contribution in [0.4, 0.5) is 4.39 Å². The summed E-state index contributed by atoms with van der Waals surface area (Å²) in [6.07, 6.45) is 0.0406. The Kier molecular flexibility index (Phi) is 5.76. The van der Waals surface area contributed by atoms with Gasteiger partial charge in [0.15, 0.2) is 11.6 Å². The van der Waals surface area contributed by atoms with E-state index in [2.05, 4.69) is 5.32 Å². The van der Waals surface area contributed by atoms with Crippen LogP contribution in [0.15, 0.2) is 18.2 Å². The van der Waals surface area contributed by atoms with Gasteiger partial charge in [-0.05, 0) is 30.5 Å². The van der Waals surface area contributed by atoms with Crippen molar-refractivity contribution in [2.24, 2.45) is 5.92 Å². The van der Waals surface area contributed by atoms with E-state index in [1.165, 1.54) is 25.3 Å². The number of ether oxygens (including phenoxy) is 1. The van der Waals surface area contributed by atoms with E-state index in [-0.39, 0.29) is 18.2 Å². The summed E-state index contributed by atoms with van der Waals surface area (Å²) in [5.41, 5.74) is 0.301. The summed E-state index contributed by atoms with van der Waals surface area (Å²) < 4.78 is 18.0. The Balaban J connectivity index is 2.58. The summed E-state index contributed by atoms with van der Waals surface area (Å²) in [5, 5.41) is 12.3. The third-order valence-corrected chi connectivity index (χ3v) is 2.66. The van der Waals surface area contributed by atoms with Gasteiger partial charge in [-0.2, -0.15) is 0 Å². The molecule has 1 amide bonds. The van der Waals surface area contributed by atoms with Crippen LogP contribution in [0.2, 0.25) is 0 Å². The largest absolute Gasteiger partial charge is 0.494 e. The van der Waals surface area contributed by atoms with E-state index >= 15 is 0 Å². The number of carbonyl (C=O) groups excluding carboxylic acids is 1. The third kappa shape index (κ3) is 4.87. The number of methoxy groups -OCH3 is 1. The SMILES string of the molecule is COc1cc(C(=O)NCC(O)CC(C)C)ccc1F. The molecule has 0 aliphatic rings. The lowest BCUT2D eigenvalue weighted by molar-refractivity contribution is 0.0900. The van der Waals surface area contributed by atoms with Crippen LogP contribution in [0, 0.1) is 11.7 Å². The first-order chi connectivity index (χ1) is 8.93. The van der Waals surface area contributed by atoms with Crippen LogP contribution in [0.5, 0.6) is 5.75 Å². The van der Waals surface area contributed by atoms with Gasteiger partial charge in [0.2, 0.25) is 0 Å². The molecular formula is C14H20FNO3. The quantitative estimate of drug-likeness (QED) is 0.830. The molecule has 1 aromatic carbocycles. The van der Waals surface area contributed by atoms with E-state index in [4.69, 9.17) is 4.74 Å². The summed E-state index contributed by atoms with van der Waals surface area (Å²) in [7, 11) is 1.34. The van der Waals surface area contributed by atoms with Gasteiger partial charge in [0, 0.05) is 12.1 Å². The molecule has 0 radical (unpaired) electrons. The highest BCUT2D eigenvalue weighted by atomic mass is 19.1. The second-order valence-corrected chi connectivity index (χ2v) is 4.84. The summed E-state index contributed by atoms with van der Waals surface area (Å²) >= 11 is 0. The van der Waals surface area contributed by atoms with Crippen molar-refractivity contribution in [2.75, 3.05) is 13.7 Å². The predicted octanol–water partition coefficient (Wildman–Crippen LogP) is 1.97. The number of hydrogen-bond donors (Lipinski definition) is 2. The van der Waals surface area contributed by atoms with Gasteiger partial charge in [-0.25, -0.2) is 4.39 Å². The average Bonchev–Trinajstić information content (AvgIpc) is 2.35. The van der Waals surface area contributed by atoms with Crippen LogP contribution in [0.1, 0.15) is 30.6 Å². The average molecular weight is 269 g/mol. The van der Waals surface area contributed by atoms with Crippen LogP contribution in [-0.4, -0.2) is 30.8 Å². The van der Waals surface area contributed by atoms with Crippen molar-refractivity contribution in [3.05, 3.63) is 29.6 Å². The summed E-state index contributed by atoms with van der Waals surface area (Å²) in [6.45, 7) is 4.17. The normalized spacial score (nSPS) is 12.3. The van der Waals surface area contributed by atoms with E-state index in [1.807, 2.05) is 13.8 Å². The number of carbonyl (C=O) groups is 1. The molecule has 0 fully saturated rings. The van der Waals surface area contributed by atoms with E-state index in [9.17, 15) is 14.3 Å². The van der Waals surface area contributed by atoms with Crippen molar-refractivity contribution in [3.63, 3.8) is 0 Å². The lowest BCUT2D eigenvalue weighted by Gasteiger charge is -2.14. The van der Waals surface area contributed by atoms with Gasteiger partial charge < -0.3 is 15.2 Å². The molecule has 0 spiro atoms. The van der Waals surface area contributed by atoms with E-state index in [0.29, 0.717) is 17.9 Å². The van der Waals surface area contributed by atoms with E-state index in [1.54, 1.807) is 0 Å². The molecule has 19 heavy (non-hydrogen) atoms. The van der Waals surface area contributed by atoms with Gasteiger partial charge >= 0.3 is 0 Å². The molecule has 0 heterocycles. The number of aliphatic hydroxyl groups excluding tert-OH is 1. The van der Waals surface area contributed by atoms with Gasteiger partial charge in [-0.15, -0.1) is 0 Å². The van der Waals surface area contributed by atoms with Crippen molar-refractivity contribution in [1.82, 2.24) is 5.32 Å². The smallest absolute Gasteiger partial charge is 0.251 e. The van der Waals surface area contributed by atoms with Crippen molar-refractivity contribution >= 4 is 5.91 Å². The molecule has 1 unspecified atom stereocenters. The molecule has 2 N–H and O–H groups in total. The number of halogens is 1. The zero-order chi connectivity index (χ0) is 14.4. The molecule has 106 valence electrons. The van der Waals surface area contributed by atoms with Crippen molar-refractivity contribution in [1.29, 1.82) is 0 Å². The fourth-order valence-electron chi connectivity index (χ4n) is 1.74. The van der Waals surface area contributed by atoms with Crippen LogP contribution >= 0.6 is 0 Å². The van der Waals surface area contributed by atoms with Gasteiger partial charge in [0.25, 0.3) is 5.91 Å². The summed E-state index contributed by atoms with van der Waals surface area (Å²) in [5.74, 6) is -0.492. The standard InChI is InChI=1S/C14H20FNO3/c1-9(2)6-11(17)8-16-14(18)10-4-5-12(15)13(7-10)19-3/h4-5,7,9,11,17H,6,8H2,1-3H3,(H,16,18). The van der Waals surface area contributed by atoms with Crippen LogP contribution in [0.3, 0.4) is 0 Å². The fraction of sp³-hybridized carbons (Fsp3) is 0.500. The Hall–Kier alpha value is -1.62. The Bertz CT molecular complexity index is 435. The highest BCUT2D eigenvalue weighted by Crippen LogP contribution is 2.18. The van der Waals surface area contributed by atoms with Crippen LogP contribution < -0.4 is 10.1 Å². The third-order valence-electron chi connectivity index (χ3n) is 2.66. The second kappa shape index (κ2) is 7.09. The second-order valence-electron chi connectivity index (χ2n) is 4.84. The van der Waals surface area contributed by atoms with Crippen molar-refractivity contribution in [3.8, 4) is 5.75 Å². The number of hydrogen-bond acceptors (Lipinski definition) is 3. The molecule has 0 saturated carbocycles. The predicted molar refractivity (Wildman–Crippen MR) is 70.7 cm³/mol. The Morgan fingerprint density at radius 1 is 1.47 bits per heavy atom. The molecule has 5 heteroatoms. The molecule has 0 aromatic heterocycles. The fourth-order valence-corrected chi connectivity index (χ4v) is 1.74. The number of aliphatic hydroxyl groups is 1. The summed E-state index contributed by atoms with van der Waals surface area (Å²) in [6, 6.07) is 3.89. The zero-order valence-electron chi connectivity index (χ0n) is 11.4. The highest BCUT2D eigenvalue weighted by Gasteiger charge is 2.12. The maximum atomic E-state index is 13.2.